The Labute approximate surface area is 131 Å². The maximum absolute atomic E-state index is 14.3. The summed E-state index contributed by atoms with van der Waals surface area (Å²) in [7, 11) is 0. The lowest BCUT2D eigenvalue weighted by Crippen LogP contribution is -2.62. The highest BCUT2D eigenvalue weighted by molar-refractivity contribution is 5.85. The van der Waals surface area contributed by atoms with Crippen LogP contribution in [-0.4, -0.2) is 47.1 Å². The molecule has 1 aliphatic carbocycles. The number of hydrogen-bond acceptors (Lipinski definition) is 3. The van der Waals surface area contributed by atoms with Crippen molar-refractivity contribution in [2.45, 2.75) is 36.9 Å². The topological polar surface area (TPSA) is 49.8 Å². The zero-order valence-electron chi connectivity index (χ0n) is 12.5. The van der Waals surface area contributed by atoms with Crippen LogP contribution >= 0.6 is 0 Å². The number of carbonyl (C=O) groups is 1. The number of amides is 1. The van der Waals surface area contributed by atoms with Gasteiger partial charge < -0.3 is 14.7 Å². The fourth-order valence-corrected chi connectivity index (χ4v) is 2.94. The summed E-state index contributed by atoms with van der Waals surface area (Å²) in [4.78, 5) is 13.2. The van der Waals surface area contributed by atoms with E-state index >= 15 is 0 Å². The zero-order valence-corrected chi connectivity index (χ0v) is 12.5. The van der Waals surface area contributed by atoms with Gasteiger partial charge in [-0.25, -0.2) is 4.39 Å². The van der Waals surface area contributed by atoms with Gasteiger partial charge in [-0.2, -0.15) is 8.78 Å². The smallest absolute Gasteiger partial charge is 0.352 e. The molecule has 0 aromatic heterocycles. The molecule has 7 heteroatoms. The average molecular weight is 329 g/mol. The quantitative estimate of drug-likeness (QED) is 0.926. The van der Waals surface area contributed by atoms with Gasteiger partial charge in [0.05, 0.1) is 13.2 Å². The monoisotopic (exact) mass is 329 g/mol. The predicted octanol–water partition coefficient (Wildman–Crippen LogP) is 2.28. The average Bonchev–Trinajstić information content (AvgIpc) is 2.52. The van der Waals surface area contributed by atoms with Crippen molar-refractivity contribution in [2.24, 2.45) is 0 Å². The number of ether oxygens (including phenoxy) is 1. The van der Waals surface area contributed by atoms with E-state index in [2.05, 4.69) is 0 Å². The number of morpholine rings is 1. The first-order valence-electron chi connectivity index (χ1n) is 7.60. The van der Waals surface area contributed by atoms with E-state index < -0.39 is 29.4 Å². The van der Waals surface area contributed by atoms with Gasteiger partial charge in [0.15, 0.2) is 0 Å². The molecule has 126 valence electrons. The second-order valence-corrected chi connectivity index (χ2v) is 6.12. The standard InChI is InChI=1S/C16H18F3NO3/c17-12-4-2-11(3-5-12)13-10-20(8-9-23-13)14(21)16(18,19)15(22)6-1-7-15/h2-5,13,22H,1,6-10H2. The van der Waals surface area contributed by atoms with Crippen molar-refractivity contribution >= 4 is 5.91 Å². The Hall–Kier alpha value is -1.60. The summed E-state index contributed by atoms with van der Waals surface area (Å²) in [5.41, 5.74) is -1.61. The van der Waals surface area contributed by atoms with Crippen molar-refractivity contribution in [3.63, 3.8) is 0 Å². The second kappa shape index (κ2) is 5.79. The maximum Gasteiger partial charge on any atom is 0.352 e. The van der Waals surface area contributed by atoms with Gasteiger partial charge in [-0.15, -0.1) is 0 Å². The van der Waals surface area contributed by atoms with E-state index in [0.29, 0.717) is 12.0 Å². The molecule has 1 saturated heterocycles. The van der Waals surface area contributed by atoms with Gasteiger partial charge in [-0.1, -0.05) is 12.1 Å². The molecule has 1 saturated carbocycles. The molecule has 2 fully saturated rings. The molecule has 0 bridgehead atoms. The number of rotatable bonds is 3. The Balaban J connectivity index is 1.73. The normalized spacial score (nSPS) is 24.2. The third-order valence-electron chi connectivity index (χ3n) is 4.63. The minimum atomic E-state index is -3.80. The summed E-state index contributed by atoms with van der Waals surface area (Å²) in [5, 5.41) is 9.88. The maximum atomic E-state index is 14.3. The van der Waals surface area contributed by atoms with Crippen LogP contribution in [-0.2, 0) is 9.53 Å². The molecule has 1 amide bonds. The molecule has 4 nitrogen and oxygen atoms in total. The highest BCUT2D eigenvalue weighted by atomic mass is 19.3. The Morgan fingerprint density at radius 1 is 1.30 bits per heavy atom. The minimum absolute atomic E-state index is 0.0438. The van der Waals surface area contributed by atoms with Crippen molar-refractivity contribution < 1.29 is 27.8 Å². The largest absolute Gasteiger partial charge is 0.383 e. The van der Waals surface area contributed by atoms with Crippen molar-refractivity contribution in [1.29, 1.82) is 0 Å². The van der Waals surface area contributed by atoms with Gasteiger partial charge in [-0.05, 0) is 37.0 Å². The molecule has 23 heavy (non-hydrogen) atoms. The summed E-state index contributed by atoms with van der Waals surface area (Å²) in [6.45, 7) is 0.112. The number of alkyl halides is 2. The van der Waals surface area contributed by atoms with Crippen LogP contribution in [0.5, 0.6) is 0 Å². The van der Waals surface area contributed by atoms with Crippen LogP contribution in [0.25, 0.3) is 0 Å². The highest BCUT2D eigenvalue weighted by Crippen LogP contribution is 2.45. The van der Waals surface area contributed by atoms with Gasteiger partial charge in [0.2, 0.25) is 0 Å². The summed E-state index contributed by atoms with van der Waals surface area (Å²) in [5.74, 6) is -5.57. The fraction of sp³-hybridized carbons (Fsp3) is 0.562. The third kappa shape index (κ3) is 2.83. The molecule has 2 aliphatic rings. The summed E-state index contributed by atoms with van der Waals surface area (Å²) in [6.07, 6.45) is -0.240. The number of halogens is 3. The van der Waals surface area contributed by atoms with Gasteiger partial charge in [-0.3, -0.25) is 4.79 Å². The molecule has 3 rings (SSSR count). The third-order valence-corrected chi connectivity index (χ3v) is 4.63. The van der Waals surface area contributed by atoms with E-state index in [1.54, 1.807) is 0 Å². The lowest BCUT2D eigenvalue weighted by atomic mass is 9.75. The van der Waals surface area contributed by atoms with Crippen LogP contribution in [0.4, 0.5) is 13.2 Å². The van der Waals surface area contributed by atoms with Gasteiger partial charge >= 0.3 is 5.92 Å². The molecule has 1 unspecified atom stereocenters. The Morgan fingerprint density at radius 2 is 1.96 bits per heavy atom. The zero-order chi connectivity index (χ0) is 16.7. The van der Waals surface area contributed by atoms with Crippen LogP contribution < -0.4 is 0 Å². The lowest BCUT2D eigenvalue weighted by Gasteiger charge is -2.44. The molecule has 0 spiro atoms. The van der Waals surface area contributed by atoms with Crippen LogP contribution in [0.2, 0.25) is 0 Å². The first kappa shape index (κ1) is 16.3. The van der Waals surface area contributed by atoms with E-state index in [9.17, 15) is 23.1 Å². The Bertz CT molecular complexity index is 587. The van der Waals surface area contributed by atoms with Crippen molar-refractivity contribution in [3.05, 3.63) is 35.6 Å². The molecule has 1 aromatic carbocycles. The Morgan fingerprint density at radius 3 is 2.52 bits per heavy atom. The molecule has 1 N–H and O–H groups in total. The molecular formula is C16H18F3NO3. The van der Waals surface area contributed by atoms with Crippen LogP contribution in [0.1, 0.15) is 30.9 Å². The first-order valence-corrected chi connectivity index (χ1v) is 7.60. The SMILES string of the molecule is O=C(N1CCOC(c2ccc(F)cc2)C1)C(F)(F)C1(O)CCC1. The fourth-order valence-electron chi connectivity index (χ4n) is 2.94. The predicted molar refractivity (Wildman–Crippen MR) is 75.4 cm³/mol. The van der Waals surface area contributed by atoms with Gasteiger partial charge in [0.1, 0.15) is 17.5 Å². The number of hydrogen-bond donors (Lipinski definition) is 1. The van der Waals surface area contributed by atoms with Crippen LogP contribution in [0.3, 0.4) is 0 Å². The van der Waals surface area contributed by atoms with E-state index in [0.717, 1.165) is 4.90 Å². The van der Waals surface area contributed by atoms with Crippen LogP contribution in [0, 0.1) is 5.82 Å². The number of nitrogens with zero attached hydrogens (tertiary/aromatic N) is 1. The lowest BCUT2D eigenvalue weighted by molar-refractivity contribution is -0.226. The number of carbonyl (C=O) groups excluding carboxylic acids is 1. The Kier molecular flexibility index (Phi) is 4.10. The van der Waals surface area contributed by atoms with E-state index in [1.807, 2.05) is 0 Å². The molecule has 0 radical (unpaired) electrons. The summed E-state index contributed by atoms with van der Waals surface area (Å²) < 4.78 is 47.0. The summed E-state index contributed by atoms with van der Waals surface area (Å²) in [6, 6.07) is 5.52. The molecule has 1 aliphatic heterocycles. The van der Waals surface area contributed by atoms with Crippen molar-refractivity contribution in [3.8, 4) is 0 Å². The first-order chi connectivity index (χ1) is 10.8. The van der Waals surface area contributed by atoms with Crippen molar-refractivity contribution in [1.82, 2.24) is 4.90 Å². The highest BCUT2D eigenvalue weighted by Gasteiger charge is 2.62. The van der Waals surface area contributed by atoms with E-state index in [-0.39, 0.29) is 32.5 Å². The molecular weight excluding hydrogens is 311 g/mol. The number of aliphatic hydroxyl groups is 1. The molecule has 1 aromatic rings. The van der Waals surface area contributed by atoms with E-state index in [4.69, 9.17) is 4.74 Å². The van der Waals surface area contributed by atoms with E-state index in [1.165, 1.54) is 24.3 Å². The van der Waals surface area contributed by atoms with Crippen molar-refractivity contribution in [2.75, 3.05) is 19.7 Å². The van der Waals surface area contributed by atoms with Gasteiger partial charge in [0.25, 0.3) is 5.91 Å². The summed E-state index contributed by atoms with van der Waals surface area (Å²) >= 11 is 0. The van der Waals surface area contributed by atoms with Gasteiger partial charge in [0, 0.05) is 6.54 Å². The van der Waals surface area contributed by atoms with Crippen LogP contribution in [0.15, 0.2) is 24.3 Å². The molecule has 1 heterocycles. The minimum Gasteiger partial charge on any atom is -0.383 e. The molecule has 1 atom stereocenters. The number of benzene rings is 1. The second-order valence-electron chi connectivity index (χ2n) is 6.12.